The van der Waals surface area contributed by atoms with Gasteiger partial charge in [-0.2, -0.15) is 23.4 Å². The topological polar surface area (TPSA) is 121 Å². The number of nitrogens with zero attached hydrogens (tertiary/aromatic N) is 5. The van der Waals surface area contributed by atoms with Crippen LogP contribution in [-0.4, -0.2) is 46.2 Å². The molecule has 1 saturated carbocycles. The number of thiazole rings is 1. The Kier molecular flexibility index (Phi) is 7.73. The average Bonchev–Trinajstić information content (AvgIpc) is 3.30. The normalized spacial score (nSPS) is 21.0. The lowest BCUT2D eigenvalue weighted by molar-refractivity contribution is -0.203. The minimum absolute atomic E-state index is 0.0234. The summed E-state index contributed by atoms with van der Waals surface area (Å²) in [5, 5.41) is 12.5. The zero-order chi connectivity index (χ0) is 25.9. The number of nitrogens with one attached hydrogen (secondary N) is 1. The van der Waals surface area contributed by atoms with Crippen molar-refractivity contribution in [2.24, 2.45) is 17.8 Å². The largest absolute Gasteiger partial charge is 0.491 e. The number of aryl methyl sites for hydroxylation is 1. The lowest BCUT2D eigenvalue weighted by Crippen LogP contribution is -2.47. The molecule has 2 aliphatic rings. The zero-order valence-corrected chi connectivity index (χ0v) is 20.4. The van der Waals surface area contributed by atoms with Gasteiger partial charge in [0.25, 0.3) is 0 Å². The molecule has 1 N–H and O–H groups in total. The third kappa shape index (κ3) is 6.29. The molecule has 13 heteroatoms. The molecule has 2 aromatic heterocycles. The molecule has 1 aliphatic heterocycles. The number of hydrogen-bond acceptors (Lipinski definition) is 10. The van der Waals surface area contributed by atoms with Gasteiger partial charge in [-0.05, 0) is 25.2 Å². The van der Waals surface area contributed by atoms with Crippen molar-refractivity contribution >= 4 is 40.2 Å². The highest BCUT2D eigenvalue weighted by molar-refractivity contribution is 7.16. The van der Waals surface area contributed by atoms with E-state index in [0.717, 1.165) is 43.4 Å². The number of esters is 2. The van der Waals surface area contributed by atoms with Crippen LogP contribution in [0.2, 0.25) is 0 Å². The number of ether oxygens (including phenoxy) is 1. The lowest BCUT2D eigenvalue weighted by atomic mass is 9.74. The van der Waals surface area contributed by atoms with E-state index in [9.17, 15) is 22.8 Å². The van der Waals surface area contributed by atoms with Crippen LogP contribution in [0.1, 0.15) is 49.1 Å². The smallest absolute Gasteiger partial charge is 0.386 e. The Morgan fingerprint density at radius 2 is 1.94 bits per heavy atom. The van der Waals surface area contributed by atoms with Gasteiger partial charge in [0.2, 0.25) is 5.95 Å². The Morgan fingerprint density at radius 3 is 2.61 bits per heavy atom. The number of alkyl halides is 3. The molecular formula is C23H25F3N6O3S. The molecule has 0 radical (unpaired) electrons. The number of hydrogen-bond donors (Lipinski definition) is 1. The predicted octanol–water partition coefficient (Wildman–Crippen LogP) is 4.51. The Labute approximate surface area is 209 Å². The van der Waals surface area contributed by atoms with Crippen LogP contribution in [0.5, 0.6) is 0 Å². The highest BCUT2D eigenvalue weighted by atomic mass is 32.1. The molecule has 9 nitrogen and oxygen atoms in total. The Morgan fingerprint density at radius 1 is 1.19 bits per heavy atom. The van der Waals surface area contributed by atoms with Crippen molar-refractivity contribution < 1.29 is 27.5 Å². The van der Waals surface area contributed by atoms with Crippen molar-refractivity contribution in [1.29, 1.82) is 5.26 Å². The minimum Gasteiger partial charge on any atom is -0.386 e. The summed E-state index contributed by atoms with van der Waals surface area (Å²) < 4.78 is 42.3. The SMILES string of the molecule is Cc1cc(Nc2ncc(C#N)s2)nc(N2CC(C(=O)OC(=O)C(F)(F)F)CC(C3CCCCC3)C2)n1. The molecule has 2 atom stereocenters. The number of piperidine rings is 1. The second-order valence-corrected chi connectivity index (χ2v) is 10.2. The first-order valence-corrected chi connectivity index (χ1v) is 12.5. The van der Waals surface area contributed by atoms with Gasteiger partial charge in [0.05, 0.1) is 12.1 Å². The Bertz CT molecular complexity index is 1160. The molecule has 2 fully saturated rings. The first-order valence-electron chi connectivity index (χ1n) is 11.7. The van der Waals surface area contributed by atoms with Crippen molar-refractivity contribution in [3.8, 4) is 6.07 Å². The molecule has 36 heavy (non-hydrogen) atoms. The van der Waals surface area contributed by atoms with Gasteiger partial charge in [-0.3, -0.25) is 4.79 Å². The summed E-state index contributed by atoms with van der Waals surface area (Å²) in [7, 11) is 0. The van der Waals surface area contributed by atoms with Gasteiger partial charge in [0.1, 0.15) is 16.8 Å². The molecule has 1 saturated heterocycles. The van der Waals surface area contributed by atoms with Crippen LogP contribution in [0.4, 0.5) is 30.1 Å². The fourth-order valence-electron chi connectivity index (χ4n) is 4.90. The van der Waals surface area contributed by atoms with Crippen LogP contribution in [0.25, 0.3) is 0 Å². The molecule has 0 bridgehead atoms. The summed E-state index contributed by atoms with van der Waals surface area (Å²) in [5.41, 5.74) is 0.630. The third-order valence-electron chi connectivity index (χ3n) is 6.53. The van der Waals surface area contributed by atoms with E-state index in [2.05, 4.69) is 25.0 Å². The van der Waals surface area contributed by atoms with Crippen molar-refractivity contribution in [3.63, 3.8) is 0 Å². The van der Waals surface area contributed by atoms with Crippen LogP contribution in [0.15, 0.2) is 12.3 Å². The molecule has 0 amide bonds. The Hall–Kier alpha value is -3.27. The standard InChI is InChI=1S/C23H25F3N6O3S/c1-13-7-18(31-22-28-10-17(9-27)36-22)30-21(29-13)32-11-15(14-5-3-2-4-6-14)8-16(12-32)19(33)35-20(34)23(24,25)26/h7,10,14-16H,2-6,8,11-12H2,1H3,(H,28,29,30,31). The van der Waals surface area contributed by atoms with E-state index < -0.39 is 24.0 Å². The number of nitriles is 1. The van der Waals surface area contributed by atoms with E-state index in [1.165, 1.54) is 6.20 Å². The summed E-state index contributed by atoms with van der Waals surface area (Å²) in [6.45, 7) is 2.35. The monoisotopic (exact) mass is 522 g/mol. The van der Waals surface area contributed by atoms with Crippen LogP contribution < -0.4 is 10.2 Å². The second-order valence-electron chi connectivity index (χ2n) is 9.16. The highest BCUT2D eigenvalue weighted by Crippen LogP contribution is 2.38. The maximum Gasteiger partial charge on any atom is 0.491 e. The van der Waals surface area contributed by atoms with Crippen LogP contribution in [0.3, 0.4) is 0 Å². The van der Waals surface area contributed by atoms with Gasteiger partial charge in [-0.1, -0.05) is 43.4 Å². The summed E-state index contributed by atoms with van der Waals surface area (Å²) >= 11 is 1.16. The van der Waals surface area contributed by atoms with E-state index in [1.54, 1.807) is 17.9 Å². The molecule has 1 aliphatic carbocycles. The maximum absolute atomic E-state index is 12.7. The van der Waals surface area contributed by atoms with Crippen molar-refractivity contribution in [3.05, 3.63) is 22.8 Å². The fraction of sp³-hybridized carbons (Fsp3) is 0.565. The van der Waals surface area contributed by atoms with Crippen LogP contribution >= 0.6 is 11.3 Å². The van der Waals surface area contributed by atoms with Crippen molar-refractivity contribution in [2.75, 3.05) is 23.3 Å². The Balaban J connectivity index is 1.57. The molecule has 0 spiro atoms. The zero-order valence-electron chi connectivity index (χ0n) is 19.5. The number of aromatic nitrogens is 3. The minimum atomic E-state index is -5.24. The van der Waals surface area contributed by atoms with Gasteiger partial charge >= 0.3 is 18.1 Å². The number of carbonyl (C=O) groups excluding carboxylic acids is 2. The first kappa shape index (κ1) is 25.8. The third-order valence-corrected chi connectivity index (χ3v) is 7.35. The van der Waals surface area contributed by atoms with Gasteiger partial charge in [0, 0.05) is 24.8 Å². The maximum atomic E-state index is 12.7. The van der Waals surface area contributed by atoms with Gasteiger partial charge in [-0.15, -0.1) is 0 Å². The van der Waals surface area contributed by atoms with E-state index in [0.29, 0.717) is 46.4 Å². The van der Waals surface area contributed by atoms with Crippen LogP contribution in [0, 0.1) is 36.0 Å². The van der Waals surface area contributed by atoms with Crippen molar-refractivity contribution in [2.45, 2.75) is 51.6 Å². The lowest BCUT2D eigenvalue weighted by Gasteiger charge is -2.41. The molecule has 2 unspecified atom stereocenters. The number of rotatable bonds is 5. The molecule has 192 valence electrons. The summed E-state index contributed by atoms with van der Waals surface area (Å²) in [4.78, 5) is 39.3. The predicted molar refractivity (Wildman–Crippen MR) is 124 cm³/mol. The van der Waals surface area contributed by atoms with Crippen LogP contribution in [-0.2, 0) is 14.3 Å². The number of anilines is 3. The summed E-state index contributed by atoms with van der Waals surface area (Å²) in [6.07, 6.45) is 1.78. The van der Waals surface area contributed by atoms with E-state index in [1.807, 2.05) is 6.07 Å². The van der Waals surface area contributed by atoms with Gasteiger partial charge in [-0.25, -0.2) is 14.8 Å². The van der Waals surface area contributed by atoms with Gasteiger partial charge in [0.15, 0.2) is 5.13 Å². The van der Waals surface area contributed by atoms with Crippen molar-refractivity contribution in [1.82, 2.24) is 15.0 Å². The number of carbonyl (C=O) groups is 2. The van der Waals surface area contributed by atoms with E-state index in [-0.39, 0.29) is 12.5 Å². The van der Waals surface area contributed by atoms with E-state index in [4.69, 9.17) is 5.26 Å². The molecule has 2 aromatic rings. The molecular weight excluding hydrogens is 497 g/mol. The second kappa shape index (κ2) is 10.8. The summed E-state index contributed by atoms with van der Waals surface area (Å²) in [5.74, 6) is -3.52. The summed E-state index contributed by atoms with van der Waals surface area (Å²) in [6, 6.07) is 3.72. The first-order chi connectivity index (χ1) is 17.1. The molecule has 3 heterocycles. The molecule has 0 aromatic carbocycles. The van der Waals surface area contributed by atoms with Gasteiger partial charge < -0.3 is 15.0 Å². The fourth-order valence-corrected chi connectivity index (χ4v) is 5.52. The molecule has 4 rings (SSSR count). The highest BCUT2D eigenvalue weighted by Gasteiger charge is 2.45. The quantitative estimate of drug-likeness (QED) is 0.446. The number of halogens is 3. The average molecular weight is 523 g/mol. The van der Waals surface area contributed by atoms with E-state index >= 15 is 0 Å².